The molecule has 0 bridgehead atoms. The number of likely N-dealkylation sites (tertiary alicyclic amines) is 2. The lowest BCUT2D eigenvalue weighted by molar-refractivity contribution is 0.0553. The van der Waals surface area contributed by atoms with Crippen LogP contribution in [0.4, 0.5) is 0 Å². The molecule has 3 aromatic rings. The van der Waals surface area contributed by atoms with Gasteiger partial charge in [0.05, 0.1) is 11.1 Å². The summed E-state index contributed by atoms with van der Waals surface area (Å²) in [6.45, 7) is 8.56. The number of aromatic nitrogens is 1. The first kappa shape index (κ1) is 24.3. The number of fused-ring (bicyclic) bond motifs is 1. The molecule has 0 unspecified atom stereocenters. The molecule has 5 rings (SSSR count). The number of carbonyl (C=O) groups is 1. The summed E-state index contributed by atoms with van der Waals surface area (Å²) in [5.41, 5.74) is 3.03. The number of pyridine rings is 1. The third-order valence-corrected chi connectivity index (χ3v) is 8.62. The normalized spacial score (nSPS) is 18.4. The van der Waals surface area contributed by atoms with Crippen LogP contribution in [-0.2, 0) is 6.42 Å². The van der Waals surface area contributed by atoms with Gasteiger partial charge in [-0.1, -0.05) is 44.2 Å². The van der Waals surface area contributed by atoms with Crippen molar-refractivity contribution in [3.05, 3.63) is 71.9 Å². The molecule has 0 N–H and O–H groups in total. The average molecular weight is 488 g/mol. The van der Waals surface area contributed by atoms with E-state index in [9.17, 15) is 4.79 Å². The molecule has 0 aliphatic carbocycles. The Morgan fingerprint density at radius 1 is 0.943 bits per heavy atom. The van der Waals surface area contributed by atoms with Gasteiger partial charge in [0, 0.05) is 40.9 Å². The van der Waals surface area contributed by atoms with Crippen molar-refractivity contribution in [3.63, 3.8) is 0 Å². The summed E-state index contributed by atoms with van der Waals surface area (Å²) in [5, 5.41) is 1.66. The highest BCUT2D eigenvalue weighted by Crippen LogP contribution is 2.29. The molecule has 184 valence electrons. The SMILES string of the molecule is CC(C)Sc1ccc(CC2CCN(C3CCN(C(=O)c4cccc5cccnc45)CC3)CC2)cc1. The zero-order chi connectivity index (χ0) is 24.2. The zero-order valence-electron chi connectivity index (χ0n) is 21.0. The predicted molar refractivity (Wildman–Crippen MR) is 146 cm³/mol. The second kappa shape index (κ2) is 11.1. The molecule has 5 heteroatoms. The first-order valence-electron chi connectivity index (χ1n) is 13.2. The van der Waals surface area contributed by atoms with Crippen LogP contribution in [0.2, 0.25) is 0 Å². The number of rotatable bonds is 6. The highest BCUT2D eigenvalue weighted by Gasteiger charge is 2.30. The second-order valence-corrected chi connectivity index (χ2v) is 12.0. The third-order valence-electron chi connectivity index (χ3n) is 7.60. The van der Waals surface area contributed by atoms with E-state index in [1.807, 2.05) is 47.0 Å². The van der Waals surface area contributed by atoms with E-state index in [2.05, 4.69) is 48.0 Å². The Morgan fingerprint density at radius 2 is 1.66 bits per heavy atom. The van der Waals surface area contributed by atoms with Gasteiger partial charge < -0.3 is 9.80 Å². The molecule has 2 aliphatic rings. The molecule has 0 radical (unpaired) electrons. The summed E-state index contributed by atoms with van der Waals surface area (Å²) in [5.74, 6) is 0.916. The van der Waals surface area contributed by atoms with Gasteiger partial charge in [-0.05, 0) is 80.9 Å². The Bertz CT molecular complexity index is 1120. The molecule has 3 heterocycles. The lowest BCUT2D eigenvalue weighted by atomic mass is 9.88. The minimum Gasteiger partial charge on any atom is -0.338 e. The summed E-state index contributed by atoms with van der Waals surface area (Å²) in [4.78, 5) is 23.8. The number of para-hydroxylation sites is 1. The molecular formula is C30H37N3OS. The van der Waals surface area contributed by atoms with Crippen molar-refractivity contribution in [1.29, 1.82) is 0 Å². The number of hydrogen-bond acceptors (Lipinski definition) is 4. The van der Waals surface area contributed by atoms with Crippen LogP contribution in [0.1, 0.15) is 55.5 Å². The molecular weight excluding hydrogens is 450 g/mol. The molecule has 1 amide bonds. The number of thioether (sulfide) groups is 1. The van der Waals surface area contributed by atoms with E-state index in [4.69, 9.17) is 0 Å². The topological polar surface area (TPSA) is 36.4 Å². The van der Waals surface area contributed by atoms with E-state index >= 15 is 0 Å². The Morgan fingerprint density at radius 3 is 2.37 bits per heavy atom. The Kier molecular flexibility index (Phi) is 7.74. The van der Waals surface area contributed by atoms with Gasteiger partial charge in [-0.25, -0.2) is 0 Å². The van der Waals surface area contributed by atoms with Gasteiger partial charge in [0.15, 0.2) is 0 Å². The molecule has 35 heavy (non-hydrogen) atoms. The zero-order valence-corrected chi connectivity index (χ0v) is 21.8. The summed E-state index contributed by atoms with van der Waals surface area (Å²) >= 11 is 1.94. The Labute approximate surface area is 214 Å². The molecule has 2 aliphatic heterocycles. The number of carbonyl (C=O) groups excluding carboxylic acids is 1. The molecule has 2 fully saturated rings. The van der Waals surface area contributed by atoms with Crippen LogP contribution in [0.15, 0.2) is 65.7 Å². The second-order valence-electron chi connectivity index (χ2n) is 10.4. The molecule has 2 saturated heterocycles. The standard InChI is InChI=1S/C30H37N3OS/c1-22(2)35-27-10-8-23(9-11-27)21-24-12-17-32(18-13-24)26-14-19-33(20-15-26)30(34)28-7-3-5-25-6-4-16-31-29(25)28/h3-11,16,22,24,26H,12-15,17-21H2,1-2H3. The van der Waals surface area contributed by atoms with E-state index in [-0.39, 0.29) is 5.91 Å². The smallest absolute Gasteiger partial charge is 0.256 e. The van der Waals surface area contributed by atoms with Crippen LogP contribution in [0.25, 0.3) is 10.9 Å². The first-order valence-corrected chi connectivity index (χ1v) is 14.1. The maximum atomic E-state index is 13.3. The Balaban J connectivity index is 1.10. The van der Waals surface area contributed by atoms with Crippen molar-refractivity contribution < 1.29 is 4.79 Å². The lowest BCUT2D eigenvalue weighted by Gasteiger charge is -2.42. The quantitative estimate of drug-likeness (QED) is 0.383. The summed E-state index contributed by atoms with van der Waals surface area (Å²) in [6.07, 6.45) is 7.68. The molecule has 0 saturated carbocycles. The molecule has 0 spiro atoms. The molecule has 1 aromatic heterocycles. The molecule has 4 nitrogen and oxygen atoms in total. The fourth-order valence-corrected chi connectivity index (χ4v) is 6.55. The highest BCUT2D eigenvalue weighted by molar-refractivity contribution is 7.99. The fraction of sp³-hybridized carbons (Fsp3) is 0.467. The Hall–Kier alpha value is -2.37. The van der Waals surface area contributed by atoms with Gasteiger partial charge >= 0.3 is 0 Å². The highest BCUT2D eigenvalue weighted by atomic mass is 32.2. The van der Waals surface area contributed by atoms with Gasteiger partial charge in [-0.2, -0.15) is 0 Å². The number of amides is 1. The lowest BCUT2D eigenvalue weighted by Crippen LogP contribution is -2.49. The van der Waals surface area contributed by atoms with Crippen molar-refractivity contribution in [3.8, 4) is 0 Å². The van der Waals surface area contributed by atoms with Crippen LogP contribution in [0.5, 0.6) is 0 Å². The van der Waals surface area contributed by atoms with Crippen molar-refractivity contribution in [2.45, 2.75) is 62.1 Å². The summed E-state index contributed by atoms with van der Waals surface area (Å²) in [7, 11) is 0. The monoisotopic (exact) mass is 487 g/mol. The maximum Gasteiger partial charge on any atom is 0.256 e. The van der Waals surface area contributed by atoms with E-state index < -0.39 is 0 Å². The number of hydrogen-bond donors (Lipinski definition) is 0. The van der Waals surface area contributed by atoms with Crippen molar-refractivity contribution in [2.75, 3.05) is 26.2 Å². The van der Waals surface area contributed by atoms with Gasteiger partial charge in [0.25, 0.3) is 5.91 Å². The van der Waals surface area contributed by atoms with E-state index in [1.165, 1.54) is 42.8 Å². The van der Waals surface area contributed by atoms with E-state index in [1.54, 1.807) is 6.20 Å². The van der Waals surface area contributed by atoms with Gasteiger partial charge in [-0.15, -0.1) is 11.8 Å². The van der Waals surface area contributed by atoms with Gasteiger partial charge in [0.2, 0.25) is 0 Å². The number of piperidine rings is 2. The van der Waals surface area contributed by atoms with Crippen molar-refractivity contribution in [2.24, 2.45) is 5.92 Å². The molecule has 2 aromatic carbocycles. The summed E-state index contributed by atoms with van der Waals surface area (Å²) < 4.78 is 0. The van der Waals surface area contributed by atoms with Crippen molar-refractivity contribution in [1.82, 2.24) is 14.8 Å². The third kappa shape index (κ3) is 5.90. The summed E-state index contributed by atoms with van der Waals surface area (Å²) in [6, 6.07) is 19.7. The van der Waals surface area contributed by atoms with Crippen molar-refractivity contribution >= 4 is 28.6 Å². The minimum atomic E-state index is 0.129. The number of benzene rings is 2. The van der Waals surface area contributed by atoms with Crippen LogP contribution >= 0.6 is 11.8 Å². The first-order chi connectivity index (χ1) is 17.1. The molecule has 0 atom stereocenters. The van der Waals surface area contributed by atoms with E-state index in [0.29, 0.717) is 11.3 Å². The maximum absolute atomic E-state index is 13.3. The van der Waals surface area contributed by atoms with Crippen LogP contribution < -0.4 is 0 Å². The average Bonchev–Trinajstić information content (AvgIpc) is 2.89. The predicted octanol–water partition coefficient (Wildman–Crippen LogP) is 6.29. The van der Waals surface area contributed by atoms with Gasteiger partial charge in [-0.3, -0.25) is 9.78 Å². The van der Waals surface area contributed by atoms with E-state index in [0.717, 1.165) is 48.3 Å². The number of nitrogens with zero attached hydrogens (tertiary/aromatic N) is 3. The van der Waals surface area contributed by atoms with Crippen LogP contribution in [0, 0.1) is 5.92 Å². The van der Waals surface area contributed by atoms with Crippen LogP contribution in [-0.4, -0.2) is 58.2 Å². The fourth-order valence-electron chi connectivity index (χ4n) is 5.71. The minimum absolute atomic E-state index is 0.129. The largest absolute Gasteiger partial charge is 0.338 e. The van der Waals surface area contributed by atoms with Crippen LogP contribution in [0.3, 0.4) is 0 Å². The van der Waals surface area contributed by atoms with Gasteiger partial charge in [0.1, 0.15) is 0 Å².